The van der Waals surface area contributed by atoms with Gasteiger partial charge in [0.2, 0.25) is 5.91 Å². The average molecular weight is 323 g/mol. The van der Waals surface area contributed by atoms with Gasteiger partial charge in [0.15, 0.2) is 0 Å². The highest BCUT2D eigenvalue weighted by Crippen LogP contribution is 2.23. The highest BCUT2D eigenvalue weighted by Gasteiger charge is 2.08. The van der Waals surface area contributed by atoms with E-state index in [0.29, 0.717) is 15.8 Å². The van der Waals surface area contributed by atoms with Gasteiger partial charge in [-0.05, 0) is 45.8 Å². The van der Waals surface area contributed by atoms with Crippen molar-refractivity contribution in [2.45, 2.75) is 6.42 Å². The van der Waals surface area contributed by atoms with E-state index < -0.39 is 0 Å². The topological polar surface area (TPSA) is 55.1 Å². The summed E-state index contributed by atoms with van der Waals surface area (Å²) in [4.78, 5) is 11.9. The number of nitrogens with two attached hydrogens (primary N) is 1. The van der Waals surface area contributed by atoms with Crippen LogP contribution in [-0.2, 0) is 11.2 Å². The SMILES string of the molecule is Nc1ccccc1CC(=O)Nc1ccc(F)cc1Br. The predicted octanol–water partition coefficient (Wildman–Crippen LogP) is 3.35. The number of nitrogen functional groups attached to an aromatic ring is 1. The lowest BCUT2D eigenvalue weighted by atomic mass is 10.1. The molecular weight excluding hydrogens is 311 g/mol. The maximum atomic E-state index is 12.9. The third-order valence-corrected chi connectivity index (χ3v) is 3.27. The van der Waals surface area contributed by atoms with E-state index >= 15 is 0 Å². The lowest BCUT2D eigenvalue weighted by molar-refractivity contribution is -0.115. The fourth-order valence-electron chi connectivity index (χ4n) is 1.65. The molecule has 0 saturated heterocycles. The summed E-state index contributed by atoms with van der Waals surface area (Å²) in [6.45, 7) is 0. The molecule has 0 aliphatic heterocycles. The summed E-state index contributed by atoms with van der Waals surface area (Å²) < 4.78 is 13.4. The lowest BCUT2D eigenvalue weighted by Gasteiger charge is -2.08. The van der Waals surface area contributed by atoms with Crippen molar-refractivity contribution >= 4 is 33.2 Å². The standard InChI is InChI=1S/C14H12BrFN2O/c15-11-8-10(16)5-6-13(11)18-14(19)7-9-3-1-2-4-12(9)17/h1-6,8H,7,17H2,(H,18,19). The number of anilines is 2. The Balaban J connectivity index is 2.08. The molecule has 2 aromatic rings. The second-order valence-electron chi connectivity index (χ2n) is 4.05. The fraction of sp³-hybridized carbons (Fsp3) is 0.0714. The Hall–Kier alpha value is -1.88. The molecule has 98 valence electrons. The van der Waals surface area contributed by atoms with Crippen LogP contribution < -0.4 is 11.1 Å². The molecule has 0 aromatic heterocycles. The third kappa shape index (κ3) is 3.54. The summed E-state index contributed by atoms with van der Waals surface area (Å²) in [5.74, 6) is -0.567. The van der Waals surface area contributed by atoms with Crippen molar-refractivity contribution in [1.29, 1.82) is 0 Å². The van der Waals surface area contributed by atoms with Gasteiger partial charge in [-0.25, -0.2) is 4.39 Å². The molecule has 2 aromatic carbocycles. The molecule has 0 aliphatic rings. The number of rotatable bonds is 3. The minimum absolute atomic E-state index is 0.177. The van der Waals surface area contributed by atoms with Crippen LogP contribution in [0.5, 0.6) is 0 Å². The van der Waals surface area contributed by atoms with Crippen molar-refractivity contribution in [3.8, 4) is 0 Å². The van der Waals surface area contributed by atoms with Gasteiger partial charge < -0.3 is 11.1 Å². The summed E-state index contributed by atoms with van der Waals surface area (Å²) in [5, 5.41) is 2.71. The Morgan fingerprint density at radius 3 is 2.68 bits per heavy atom. The van der Waals surface area contributed by atoms with E-state index in [1.807, 2.05) is 12.1 Å². The number of carbonyl (C=O) groups excluding carboxylic acids is 1. The van der Waals surface area contributed by atoms with Crippen molar-refractivity contribution in [3.63, 3.8) is 0 Å². The first kappa shape index (κ1) is 13.5. The smallest absolute Gasteiger partial charge is 0.228 e. The fourth-order valence-corrected chi connectivity index (χ4v) is 2.10. The molecule has 0 heterocycles. The number of hydrogen-bond acceptors (Lipinski definition) is 2. The van der Waals surface area contributed by atoms with E-state index in [1.165, 1.54) is 18.2 Å². The van der Waals surface area contributed by atoms with E-state index in [9.17, 15) is 9.18 Å². The Labute approximate surface area is 118 Å². The molecule has 3 nitrogen and oxygen atoms in total. The Morgan fingerprint density at radius 1 is 1.26 bits per heavy atom. The van der Waals surface area contributed by atoms with Crippen molar-refractivity contribution < 1.29 is 9.18 Å². The van der Waals surface area contributed by atoms with E-state index in [4.69, 9.17) is 5.73 Å². The first-order chi connectivity index (χ1) is 9.06. The molecule has 19 heavy (non-hydrogen) atoms. The van der Waals surface area contributed by atoms with Gasteiger partial charge in [-0.15, -0.1) is 0 Å². The molecule has 0 saturated carbocycles. The van der Waals surface area contributed by atoms with Crippen LogP contribution in [0.2, 0.25) is 0 Å². The number of hydrogen-bond donors (Lipinski definition) is 2. The maximum absolute atomic E-state index is 12.9. The highest BCUT2D eigenvalue weighted by atomic mass is 79.9. The quantitative estimate of drug-likeness (QED) is 0.851. The molecule has 3 N–H and O–H groups in total. The molecular formula is C14H12BrFN2O. The van der Waals surface area contributed by atoms with E-state index in [0.717, 1.165) is 5.56 Å². The summed E-state index contributed by atoms with van der Waals surface area (Å²) >= 11 is 3.20. The van der Waals surface area contributed by atoms with Crippen LogP contribution in [0.3, 0.4) is 0 Å². The van der Waals surface area contributed by atoms with Crippen molar-refractivity contribution in [1.82, 2.24) is 0 Å². The summed E-state index contributed by atoms with van der Waals surface area (Å²) in [6, 6.07) is 11.3. The maximum Gasteiger partial charge on any atom is 0.228 e. The van der Waals surface area contributed by atoms with E-state index in [1.54, 1.807) is 12.1 Å². The second-order valence-corrected chi connectivity index (χ2v) is 4.90. The number of carbonyl (C=O) groups is 1. The zero-order valence-electron chi connectivity index (χ0n) is 9.99. The monoisotopic (exact) mass is 322 g/mol. The predicted molar refractivity (Wildman–Crippen MR) is 77.3 cm³/mol. The van der Waals surface area contributed by atoms with Gasteiger partial charge in [-0.1, -0.05) is 18.2 Å². The van der Waals surface area contributed by atoms with Crippen molar-refractivity contribution in [2.24, 2.45) is 0 Å². The van der Waals surface area contributed by atoms with E-state index in [2.05, 4.69) is 21.2 Å². The molecule has 1 amide bonds. The summed E-state index contributed by atoms with van der Waals surface area (Å²) in [5.41, 5.74) is 7.64. The number of benzene rings is 2. The van der Waals surface area contributed by atoms with Gasteiger partial charge in [-0.3, -0.25) is 4.79 Å². The molecule has 0 fully saturated rings. The zero-order valence-corrected chi connectivity index (χ0v) is 11.6. The molecule has 0 aliphatic carbocycles. The normalized spacial score (nSPS) is 10.2. The summed E-state index contributed by atoms with van der Waals surface area (Å²) in [6.07, 6.45) is 0.177. The van der Waals surface area contributed by atoms with Gasteiger partial charge in [-0.2, -0.15) is 0 Å². The van der Waals surface area contributed by atoms with Crippen LogP contribution in [0.15, 0.2) is 46.9 Å². The molecule has 0 radical (unpaired) electrons. The van der Waals surface area contributed by atoms with Crippen LogP contribution in [-0.4, -0.2) is 5.91 Å². The number of halogens is 2. The minimum atomic E-state index is -0.364. The molecule has 2 rings (SSSR count). The highest BCUT2D eigenvalue weighted by molar-refractivity contribution is 9.10. The van der Waals surface area contributed by atoms with Gasteiger partial charge in [0.1, 0.15) is 5.82 Å². The molecule has 0 unspecified atom stereocenters. The zero-order chi connectivity index (χ0) is 13.8. The Morgan fingerprint density at radius 2 is 2.00 bits per heavy atom. The van der Waals surface area contributed by atoms with Crippen molar-refractivity contribution in [2.75, 3.05) is 11.1 Å². The number of nitrogens with one attached hydrogen (secondary N) is 1. The molecule has 0 spiro atoms. The van der Waals surface area contributed by atoms with Crippen molar-refractivity contribution in [3.05, 3.63) is 58.3 Å². The first-order valence-corrected chi connectivity index (χ1v) is 6.44. The third-order valence-electron chi connectivity index (χ3n) is 2.61. The van der Waals surface area contributed by atoms with Crippen LogP contribution >= 0.6 is 15.9 Å². The average Bonchev–Trinajstić information content (AvgIpc) is 2.36. The number of para-hydroxylation sites is 1. The van der Waals surface area contributed by atoms with E-state index in [-0.39, 0.29) is 18.1 Å². The first-order valence-electron chi connectivity index (χ1n) is 5.64. The number of amides is 1. The largest absolute Gasteiger partial charge is 0.398 e. The molecule has 5 heteroatoms. The van der Waals surface area contributed by atoms with Crippen LogP contribution in [0.1, 0.15) is 5.56 Å². The molecule has 0 bridgehead atoms. The van der Waals surface area contributed by atoms with Crippen LogP contribution in [0.25, 0.3) is 0 Å². The van der Waals surface area contributed by atoms with Gasteiger partial charge >= 0.3 is 0 Å². The van der Waals surface area contributed by atoms with Crippen LogP contribution in [0, 0.1) is 5.82 Å². The lowest BCUT2D eigenvalue weighted by Crippen LogP contribution is -2.15. The van der Waals surface area contributed by atoms with Gasteiger partial charge in [0, 0.05) is 10.2 Å². The summed E-state index contributed by atoms with van der Waals surface area (Å²) in [7, 11) is 0. The minimum Gasteiger partial charge on any atom is -0.398 e. The van der Waals surface area contributed by atoms with Crippen LogP contribution in [0.4, 0.5) is 15.8 Å². The van der Waals surface area contributed by atoms with Gasteiger partial charge in [0.05, 0.1) is 12.1 Å². The molecule has 0 atom stereocenters. The Bertz CT molecular complexity index is 616. The van der Waals surface area contributed by atoms with Gasteiger partial charge in [0.25, 0.3) is 0 Å². The Kier molecular flexibility index (Phi) is 4.16. The second kappa shape index (κ2) is 5.84.